The summed E-state index contributed by atoms with van der Waals surface area (Å²) in [6, 6.07) is -0.187. The minimum absolute atomic E-state index is 0.0897. The molecular weight excluding hydrogens is 260 g/mol. The molecule has 0 unspecified atom stereocenters. The maximum atomic E-state index is 11.7. The molecule has 1 aliphatic heterocycles. The van der Waals surface area contributed by atoms with Crippen LogP contribution in [0, 0.1) is 0 Å². The summed E-state index contributed by atoms with van der Waals surface area (Å²) >= 11 is 5.55. The Hall–Kier alpha value is -1.27. The number of aliphatic carboxylic acids is 1. The molecule has 0 aromatic heterocycles. The number of carboxylic acid groups (broad SMARTS) is 1. The molecule has 0 aromatic rings. The number of nitrogens with zero attached hydrogens (tertiary/aromatic N) is 1. The molecule has 102 valence electrons. The molecule has 0 spiro atoms. The van der Waals surface area contributed by atoms with E-state index in [-0.39, 0.29) is 25.3 Å². The van der Waals surface area contributed by atoms with Gasteiger partial charge in [0, 0.05) is 18.1 Å². The minimum atomic E-state index is -0.976. The maximum absolute atomic E-state index is 11.7. The minimum Gasteiger partial charge on any atom is -0.480 e. The van der Waals surface area contributed by atoms with E-state index >= 15 is 0 Å². The lowest BCUT2D eigenvalue weighted by Crippen LogP contribution is -2.46. The van der Waals surface area contributed by atoms with Crippen LogP contribution in [0.2, 0.25) is 0 Å². The van der Waals surface area contributed by atoms with Gasteiger partial charge >= 0.3 is 12.0 Å². The molecular formula is C11H17ClN2O4. The van der Waals surface area contributed by atoms with Crippen LogP contribution in [-0.2, 0) is 9.53 Å². The third-order valence-corrected chi connectivity index (χ3v) is 2.74. The van der Waals surface area contributed by atoms with E-state index in [1.807, 2.05) is 0 Å². The highest BCUT2D eigenvalue weighted by molar-refractivity contribution is 6.29. The van der Waals surface area contributed by atoms with Crippen LogP contribution in [0.4, 0.5) is 4.79 Å². The first-order valence-electron chi connectivity index (χ1n) is 5.68. The van der Waals surface area contributed by atoms with Crippen molar-refractivity contribution in [3.63, 3.8) is 0 Å². The molecule has 18 heavy (non-hydrogen) atoms. The average Bonchev–Trinajstić information content (AvgIpc) is 2.34. The Morgan fingerprint density at radius 1 is 1.44 bits per heavy atom. The van der Waals surface area contributed by atoms with E-state index < -0.39 is 5.97 Å². The van der Waals surface area contributed by atoms with Gasteiger partial charge in [0.1, 0.15) is 6.61 Å². The van der Waals surface area contributed by atoms with Crippen LogP contribution in [0.25, 0.3) is 0 Å². The number of hydrogen-bond donors (Lipinski definition) is 2. The monoisotopic (exact) mass is 276 g/mol. The molecule has 1 fully saturated rings. The predicted molar refractivity (Wildman–Crippen MR) is 66.6 cm³/mol. The molecule has 7 heteroatoms. The standard InChI is InChI=1S/C11H17ClN2O4/c1-8(12)6-13-11(17)14-4-2-9(3-5-14)18-7-10(15)16/h9H,1-7H2,(H,13,17)(H,15,16). The van der Waals surface area contributed by atoms with Crippen LogP contribution in [0.3, 0.4) is 0 Å². The summed E-state index contributed by atoms with van der Waals surface area (Å²) in [5.41, 5.74) is 0. The van der Waals surface area contributed by atoms with Gasteiger partial charge in [-0.05, 0) is 12.8 Å². The molecule has 0 atom stereocenters. The summed E-state index contributed by atoms with van der Waals surface area (Å²) < 4.78 is 5.18. The summed E-state index contributed by atoms with van der Waals surface area (Å²) in [6.45, 7) is 4.53. The van der Waals surface area contributed by atoms with Crippen LogP contribution in [0.1, 0.15) is 12.8 Å². The number of halogens is 1. The van der Waals surface area contributed by atoms with Gasteiger partial charge in [0.25, 0.3) is 0 Å². The molecule has 0 bridgehead atoms. The SMILES string of the molecule is C=C(Cl)CNC(=O)N1CCC(OCC(=O)O)CC1. The Labute approximate surface area is 111 Å². The van der Waals surface area contributed by atoms with Crippen molar-refractivity contribution in [2.45, 2.75) is 18.9 Å². The van der Waals surface area contributed by atoms with Gasteiger partial charge < -0.3 is 20.1 Å². The number of likely N-dealkylation sites (tertiary alicyclic amines) is 1. The Bertz CT molecular complexity index is 327. The lowest BCUT2D eigenvalue weighted by atomic mass is 10.1. The summed E-state index contributed by atoms with van der Waals surface area (Å²) in [5.74, 6) is -0.976. The van der Waals surface area contributed by atoms with E-state index in [1.165, 1.54) is 0 Å². The van der Waals surface area contributed by atoms with E-state index in [1.54, 1.807) is 4.90 Å². The highest BCUT2D eigenvalue weighted by Gasteiger charge is 2.23. The lowest BCUT2D eigenvalue weighted by Gasteiger charge is -2.31. The number of carbonyl (C=O) groups excluding carboxylic acids is 1. The largest absolute Gasteiger partial charge is 0.480 e. The van der Waals surface area contributed by atoms with E-state index in [9.17, 15) is 9.59 Å². The summed E-state index contributed by atoms with van der Waals surface area (Å²) in [7, 11) is 0. The number of carbonyl (C=O) groups is 2. The van der Waals surface area contributed by atoms with Gasteiger partial charge in [-0.15, -0.1) is 0 Å². The van der Waals surface area contributed by atoms with E-state index in [0.717, 1.165) is 0 Å². The van der Waals surface area contributed by atoms with Crippen molar-refractivity contribution in [2.75, 3.05) is 26.2 Å². The van der Waals surface area contributed by atoms with Crippen LogP contribution in [0.5, 0.6) is 0 Å². The molecule has 0 saturated carbocycles. The van der Waals surface area contributed by atoms with Crippen LogP contribution in [0.15, 0.2) is 11.6 Å². The number of nitrogens with one attached hydrogen (secondary N) is 1. The maximum Gasteiger partial charge on any atom is 0.329 e. The van der Waals surface area contributed by atoms with Crippen LogP contribution < -0.4 is 5.32 Å². The molecule has 6 nitrogen and oxygen atoms in total. The van der Waals surface area contributed by atoms with Crippen molar-refractivity contribution in [3.05, 3.63) is 11.6 Å². The van der Waals surface area contributed by atoms with Crippen molar-refractivity contribution < 1.29 is 19.4 Å². The number of carboxylic acids is 1. The van der Waals surface area contributed by atoms with Crippen LogP contribution >= 0.6 is 11.6 Å². The van der Waals surface area contributed by atoms with Crippen molar-refractivity contribution >= 4 is 23.6 Å². The fourth-order valence-corrected chi connectivity index (χ4v) is 1.76. The van der Waals surface area contributed by atoms with Gasteiger partial charge in [-0.3, -0.25) is 0 Å². The van der Waals surface area contributed by atoms with Crippen molar-refractivity contribution in [2.24, 2.45) is 0 Å². The Balaban J connectivity index is 2.24. The highest BCUT2D eigenvalue weighted by atomic mass is 35.5. The fourth-order valence-electron chi connectivity index (χ4n) is 1.70. The molecule has 1 heterocycles. The highest BCUT2D eigenvalue weighted by Crippen LogP contribution is 2.13. The summed E-state index contributed by atoms with van der Waals surface area (Å²) in [4.78, 5) is 23.7. The third kappa shape index (κ3) is 5.37. The first-order chi connectivity index (χ1) is 8.49. The average molecular weight is 277 g/mol. The molecule has 2 amide bonds. The number of rotatable bonds is 5. The summed E-state index contributed by atoms with van der Waals surface area (Å²) in [5, 5.41) is 11.5. The van der Waals surface area contributed by atoms with E-state index in [2.05, 4.69) is 11.9 Å². The first kappa shape index (κ1) is 14.8. The van der Waals surface area contributed by atoms with E-state index in [0.29, 0.717) is 31.0 Å². The lowest BCUT2D eigenvalue weighted by molar-refractivity contribution is -0.145. The smallest absolute Gasteiger partial charge is 0.329 e. The molecule has 1 aliphatic rings. The van der Waals surface area contributed by atoms with Gasteiger partial charge in [-0.2, -0.15) is 0 Å². The first-order valence-corrected chi connectivity index (χ1v) is 6.06. The Morgan fingerprint density at radius 2 is 2.06 bits per heavy atom. The zero-order chi connectivity index (χ0) is 13.5. The molecule has 1 rings (SSSR count). The van der Waals surface area contributed by atoms with Crippen LogP contribution in [-0.4, -0.2) is 54.4 Å². The predicted octanol–water partition coefficient (Wildman–Crippen LogP) is 1.01. The number of urea groups is 1. The number of hydrogen-bond acceptors (Lipinski definition) is 3. The third-order valence-electron chi connectivity index (χ3n) is 2.60. The molecule has 2 N–H and O–H groups in total. The second-order valence-corrected chi connectivity index (χ2v) is 4.60. The molecule has 0 aromatic carbocycles. The van der Waals surface area contributed by atoms with Gasteiger partial charge in [0.05, 0.1) is 12.6 Å². The van der Waals surface area contributed by atoms with Crippen molar-refractivity contribution in [1.82, 2.24) is 10.2 Å². The zero-order valence-electron chi connectivity index (χ0n) is 10.0. The molecule has 0 radical (unpaired) electrons. The van der Waals surface area contributed by atoms with E-state index in [4.69, 9.17) is 21.4 Å². The molecule has 1 saturated heterocycles. The van der Waals surface area contributed by atoms with Gasteiger partial charge in [-0.25, -0.2) is 9.59 Å². The topological polar surface area (TPSA) is 78.9 Å². The number of piperidine rings is 1. The van der Waals surface area contributed by atoms with Gasteiger partial charge in [0.15, 0.2) is 0 Å². The van der Waals surface area contributed by atoms with Crippen molar-refractivity contribution in [3.8, 4) is 0 Å². The Kier molecular flexibility index (Phi) is 5.94. The quantitative estimate of drug-likeness (QED) is 0.786. The van der Waals surface area contributed by atoms with Crippen molar-refractivity contribution in [1.29, 1.82) is 0 Å². The second kappa shape index (κ2) is 7.23. The van der Waals surface area contributed by atoms with Gasteiger partial charge in [0.2, 0.25) is 0 Å². The Morgan fingerprint density at radius 3 is 2.56 bits per heavy atom. The summed E-state index contributed by atoms with van der Waals surface area (Å²) in [6.07, 6.45) is 1.19. The number of amides is 2. The molecule has 0 aliphatic carbocycles. The van der Waals surface area contributed by atoms with Gasteiger partial charge in [-0.1, -0.05) is 18.2 Å². The fraction of sp³-hybridized carbons (Fsp3) is 0.636. The number of ether oxygens (including phenoxy) is 1. The second-order valence-electron chi connectivity index (χ2n) is 4.07. The zero-order valence-corrected chi connectivity index (χ0v) is 10.8. The normalized spacial score (nSPS) is 16.4.